The fraction of sp³-hybridized carbons (Fsp3) is 0.130. The van der Waals surface area contributed by atoms with E-state index in [-0.39, 0.29) is 27.4 Å². The Morgan fingerprint density at radius 2 is 1.54 bits per heavy atom. The number of fused-ring (bicyclic) bond motifs is 3. The summed E-state index contributed by atoms with van der Waals surface area (Å²) in [5.41, 5.74) is 4.92. The molecular weight excluding hydrogens is 482 g/mol. The molecule has 0 aliphatic heterocycles. The maximum Gasteiger partial charge on any atom is 0.436 e. The van der Waals surface area contributed by atoms with Crippen molar-refractivity contribution in [1.29, 1.82) is 0 Å². The van der Waals surface area contributed by atoms with Gasteiger partial charge in [0.1, 0.15) is 23.2 Å². The summed E-state index contributed by atoms with van der Waals surface area (Å²) < 4.78 is 88.2. The van der Waals surface area contributed by atoms with Gasteiger partial charge in [-0.25, -0.2) is 18.0 Å². The monoisotopic (exact) mass is 496 g/mol. The first-order valence-corrected chi connectivity index (χ1v) is 9.83. The van der Waals surface area contributed by atoms with E-state index in [0.717, 1.165) is 6.07 Å². The van der Waals surface area contributed by atoms with Crippen molar-refractivity contribution in [1.82, 2.24) is 4.57 Å². The Labute approximate surface area is 192 Å². The highest BCUT2D eigenvalue weighted by Gasteiger charge is 2.48. The minimum Gasteiger partial charge on any atom is -0.478 e. The average molecular weight is 496 g/mol. The molecule has 3 N–H and O–H groups in total. The minimum atomic E-state index is -5.28. The van der Waals surface area contributed by atoms with Crippen LogP contribution in [0.25, 0.3) is 21.8 Å². The molecule has 182 valence electrons. The third-order valence-corrected chi connectivity index (χ3v) is 5.33. The van der Waals surface area contributed by atoms with Crippen molar-refractivity contribution >= 4 is 33.7 Å². The fourth-order valence-electron chi connectivity index (χ4n) is 3.89. The van der Waals surface area contributed by atoms with Crippen LogP contribution in [0.3, 0.4) is 0 Å². The molecule has 0 spiro atoms. The number of hydrogen-bond acceptors (Lipinski definition) is 3. The van der Waals surface area contributed by atoms with Crippen LogP contribution in [0.4, 0.5) is 26.3 Å². The van der Waals surface area contributed by atoms with E-state index in [4.69, 9.17) is 15.6 Å². The molecule has 1 aromatic heterocycles. The third kappa shape index (κ3) is 4.22. The lowest BCUT2D eigenvalue weighted by atomic mass is 10.1. The summed E-state index contributed by atoms with van der Waals surface area (Å²) in [4.78, 5) is 23.3. The van der Waals surface area contributed by atoms with Gasteiger partial charge in [0, 0.05) is 28.6 Å². The first-order chi connectivity index (χ1) is 16.4. The number of nitrogens with two attached hydrogens (primary N) is 1. The summed E-state index contributed by atoms with van der Waals surface area (Å²) in [6, 6.07) is 8.70. The van der Waals surface area contributed by atoms with Gasteiger partial charge in [-0.2, -0.15) is 13.2 Å². The van der Waals surface area contributed by atoms with Gasteiger partial charge in [0.15, 0.2) is 0 Å². The predicted molar refractivity (Wildman–Crippen MR) is 111 cm³/mol. The number of carboxylic acid groups (broad SMARTS) is 1. The molecule has 35 heavy (non-hydrogen) atoms. The maximum atomic E-state index is 14.4. The standard InChI is InChI=1S/C23H14F6N2O4/c24-10-7-13(25)12(14(26)8-10)9-31-15-4-1-3-11(21(30)32)18(15)19-16(31)5-2-6-17(19)35-20(22(33)34)23(27,28)29/h1-8,20H,9H2,(H2,30,32)(H,33,34). The van der Waals surface area contributed by atoms with E-state index in [2.05, 4.69) is 0 Å². The lowest BCUT2D eigenvalue weighted by molar-refractivity contribution is -0.207. The molecule has 4 aromatic rings. The number of aliphatic carboxylic acids is 1. The van der Waals surface area contributed by atoms with Gasteiger partial charge in [-0.1, -0.05) is 12.1 Å². The second-order valence-corrected chi connectivity index (χ2v) is 7.53. The highest BCUT2D eigenvalue weighted by atomic mass is 19.4. The molecule has 0 bridgehead atoms. The first kappa shape index (κ1) is 23.9. The van der Waals surface area contributed by atoms with Gasteiger partial charge in [0.2, 0.25) is 5.91 Å². The van der Waals surface area contributed by atoms with Gasteiger partial charge >= 0.3 is 12.1 Å². The molecule has 0 aliphatic carbocycles. The largest absolute Gasteiger partial charge is 0.478 e. The number of carbonyl (C=O) groups excluding carboxylic acids is 1. The molecule has 0 aliphatic rings. The van der Waals surface area contributed by atoms with Crippen LogP contribution in [0.15, 0.2) is 48.5 Å². The molecule has 4 rings (SSSR count). The number of rotatable bonds is 6. The van der Waals surface area contributed by atoms with Gasteiger partial charge in [0.25, 0.3) is 6.10 Å². The zero-order chi connectivity index (χ0) is 25.7. The highest BCUT2D eigenvalue weighted by Crippen LogP contribution is 2.40. The second kappa shape index (κ2) is 8.53. The van der Waals surface area contributed by atoms with Crippen LogP contribution in [0.5, 0.6) is 5.75 Å². The minimum absolute atomic E-state index is 0.0140. The highest BCUT2D eigenvalue weighted by molar-refractivity contribution is 6.19. The van der Waals surface area contributed by atoms with Crippen LogP contribution in [0.1, 0.15) is 15.9 Å². The Bertz CT molecular complexity index is 1470. The van der Waals surface area contributed by atoms with Gasteiger partial charge in [-0.05, 0) is 24.3 Å². The normalized spacial score (nSPS) is 12.7. The Hall–Kier alpha value is -4.22. The number of carbonyl (C=O) groups is 2. The van der Waals surface area contributed by atoms with Gasteiger partial charge < -0.3 is 20.1 Å². The van der Waals surface area contributed by atoms with Crippen molar-refractivity contribution in [3.8, 4) is 5.75 Å². The average Bonchev–Trinajstić information content (AvgIpc) is 3.07. The Balaban J connectivity index is 2.04. The van der Waals surface area contributed by atoms with Crippen LogP contribution < -0.4 is 10.5 Å². The van der Waals surface area contributed by atoms with Crippen LogP contribution in [-0.4, -0.2) is 33.8 Å². The number of carboxylic acids is 1. The zero-order valence-electron chi connectivity index (χ0n) is 17.4. The Morgan fingerprint density at radius 1 is 0.971 bits per heavy atom. The maximum absolute atomic E-state index is 14.4. The molecule has 12 heteroatoms. The van der Waals surface area contributed by atoms with E-state index in [0.29, 0.717) is 12.1 Å². The summed E-state index contributed by atoms with van der Waals surface area (Å²) in [5.74, 6) is -7.38. The van der Waals surface area contributed by atoms with E-state index in [1.165, 1.54) is 34.9 Å². The van der Waals surface area contributed by atoms with Crippen LogP contribution in [-0.2, 0) is 11.3 Å². The number of aromatic nitrogens is 1. The number of nitrogens with zero attached hydrogens (tertiary/aromatic N) is 1. The van der Waals surface area contributed by atoms with Crippen molar-refractivity contribution in [3.63, 3.8) is 0 Å². The van der Waals surface area contributed by atoms with E-state index < -0.39 is 59.5 Å². The summed E-state index contributed by atoms with van der Waals surface area (Å²) in [6.45, 7) is -0.550. The SMILES string of the molecule is NC(=O)c1cccc2c1c1c(OC(C(=O)O)C(F)(F)F)cccc1n2Cc1c(F)cc(F)cc1F. The molecule has 0 saturated carbocycles. The van der Waals surface area contributed by atoms with Crippen LogP contribution in [0.2, 0.25) is 0 Å². The molecular formula is C23H14F6N2O4. The predicted octanol–water partition coefficient (Wildman–Crippen LogP) is 4.75. The zero-order valence-corrected chi connectivity index (χ0v) is 17.4. The molecule has 0 radical (unpaired) electrons. The second-order valence-electron chi connectivity index (χ2n) is 7.53. The number of halogens is 6. The number of benzene rings is 3. The van der Waals surface area contributed by atoms with Crippen LogP contribution >= 0.6 is 0 Å². The summed E-state index contributed by atoms with van der Waals surface area (Å²) in [5, 5.41) is 8.90. The van der Waals surface area contributed by atoms with Crippen molar-refractivity contribution in [2.45, 2.75) is 18.8 Å². The molecule has 1 amide bonds. The van der Waals surface area contributed by atoms with E-state index in [9.17, 15) is 35.9 Å². The number of amides is 1. The van der Waals surface area contributed by atoms with E-state index in [1.807, 2.05) is 0 Å². The van der Waals surface area contributed by atoms with E-state index in [1.54, 1.807) is 0 Å². The first-order valence-electron chi connectivity index (χ1n) is 9.83. The third-order valence-electron chi connectivity index (χ3n) is 5.33. The molecule has 0 saturated heterocycles. The number of ether oxygens (including phenoxy) is 1. The number of primary amides is 1. The fourth-order valence-corrected chi connectivity index (χ4v) is 3.89. The van der Waals surface area contributed by atoms with Crippen molar-refractivity contribution in [2.75, 3.05) is 0 Å². The van der Waals surface area contributed by atoms with Crippen molar-refractivity contribution in [3.05, 3.63) is 77.1 Å². The van der Waals surface area contributed by atoms with Crippen LogP contribution in [0, 0.1) is 17.5 Å². The Morgan fingerprint density at radius 3 is 2.09 bits per heavy atom. The van der Waals surface area contributed by atoms with Gasteiger partial charge in [-0.15, -0.1) is 0 Å². The molecule has 1 heterocycles. The van der Waals surface area contributed by atoms with Gasteiger partial charge in [-0.3, -0.25) is 4.79 Å². The lowest BCUT2D eigenvalue weighted by Crippen LogP contribution is -2.41. The molecule has 1 unspecified atom stereocenters. The quantitative estimate of drug-likeness (QED) is 0.377. The number of alkyl halides is 3. The lowest BCUT2D eigenvalue weighted by Gasteiger charge is -2.18. The van der Waals surface area contributed by atoms with E-state index >= 15 is 0 Å². The Kier molecular flexibility index (Phi) is 5.83. The summed E-state index contributed by atoms with van der Waals surface area (Å²) in [6.07, 6.45) is -8.52. The molecule has 1 atom stereocenters. The summed E-state index contributed by atoms with van der Waals surface area (Å²) in [7, 11) is 0. The summed E-state index contributed by atoms with van der Waals surface area (Å²) >= 11 is 0. The van der Waals surface area contributed by atoms with Crippen molar-refractivity contribution < 1.29 is 45.8 Å². The smallest absolute Gasteiger partial charge is 0.436 e. The van der Waals surface area contributed by atoms with Crippen molar-refractivity contribution in [2.24, 2.45) is 5.73 Å². The molecule has 0 fully saturated rings. The van der Waals surface area contributed by atoms with Gasteiger partial charge in [0.05, 0.1) is 23.0 Å². The molecule has 6 nitrogen and oxygen atoms in total. The molecule has 3 aromatic carbocycles. The topological polar surface area (TPSA) is 94.6 Å². The number of hydrogen-bond donors (Lipinski definition) is 2.